The van der Waals surface area contributed by atoms with Crippen LogP contribution in [0.4, 0.5) is 0 Å². The van der Waals surface area contributed by atoms with E-state index in [1.165, 1.54) is 12.1 Å². The van der Waals surface area contributed by atoms with Crippen LogP contribution in [0.2, 0.25) is 5.02 Å². The second-order valence-corrected chi connectivity index (χ2v) is 3.04. The molecule has 0 spiro atoms. The Labute approximate surface area is 81.1 Å². The molecule has 0 atom stereocenters. The van der Waals surface area contributed by atoms with Crippen molar-refractivity contribution in [1.82, 2.24) is 0 Å². The molecule has 1 aromatic carbocycles. The summed E-state index contributed by atoms with van der Waals surface area (Å²) >= 11 is 5.58. The number of ketones is 1. The quantitative estimate of drug-likeness (QED) is 0.727. The van der Waals surface area contributed by atoms with Gasteiger partial charge in [-0.15, -0.1) is 0 Å². The number of hydrogen-bond donors (Lipinski definition) is 2. The van der Waals surface area contributed by atoms with Crippen molar-refractivity contribution in [1.29, 1.82) is 0 Å². The first kappa shape index (κ1) is 10.0. The normalized spacial score (nSPS) is 10.0. The third-order valence-corrected chi connectivity index (χ3v) is 1.96. The zero-order chi connectivity index (χ0) is 9.84. The lowest BCUT2D eigenvalue weighted by atomic mass is 10.1. The molecule has 0 unspecified atom stereocenters. The van der Waals surface area contributed by atoms with Gasteiger partial charge in [0.15, 0.2) is 5.78 Å². The molecule has 0 aliphatic heterocycles. The Morgan fingerprint density at radius 1 is 1.54 bits per heavy atom. The fraction of sp³-hybridized carbons (Fsp3) is 0.222. The number of nitrogens with two attached hydrogens (primary N) is 1. The van der Waals surface area contributed by atoms with E-state index in [9.17, 15) is 9.90 Å². The maximum atomic E-state index is 11.3. The van der Waals surface area contributed by atoms with Crippen molar-refractivity contribution < 1.29 is 9.90 Å². The van der Waals surface area contributed by atoms with Crippen LogP contribution in [0.1, 0.15) is 16.8 Å². The molecule has 0 aliphatic carbocycles. The van der Waals surface area contributed by atoms with E-state index in [1.54, 1.807) is 6.07 Å². The summed E-state index contributed by atoms with van der Waals surface area (Å²) in [5, 5.41) is 9.44. The molecule has 0 radical (unpaired) electrons. The SMILES string of the molecule is NCCC(=O)c1ccc(Cl)c(O)c1. The highest BCUT2D eigenvalue weighted by atomic mass is 35.5. The maximum absolute atomic E-state index is 11.3. The second-order valence-electron chi connectivity index (χ2n) is 2.63. The van der Waals surface area contributed by atoms with Gasteiger partial charge in [0.2, 0.25) is 0 Å². The van der Waals surface area contributed by atoms with Gasteiger partial charge < -0.3 is 10.8 Å². The standard InChI is InChI=1S/C9H10ClNO2/c10-7-2-1-6(5-9(7)13)8(12)3-4-11/h1-2,5,13H,3-4,11H2. The van der Waals surface area contributed by atoms with E-state index in [0.29, 0.717) is 12.1 Å². The first-order valence-corrected chi connectivity index (χ1v) is 4.24. The Bertz CT molecular complexity index is 325. The topological polar surface area (TPSA) is 63.3 Å². The van der Waals surface area contributed by atoms with Crippen LogP contribution >= 0.6 is 11.6 Å². The molecular formula is C9H10ClNO2. The van der Waals surface area contributed by atoms with Crippen LogP contribution in [-0.4, -0.2) is 17.4 Å². The summed E-state index contributed by atoms with van der Waals surface area (Å²) in [7, 11) is 0. The molecule has 0 saturated carbocycles. The largest absolute Gasteiger partial charge is 0.506 e. The van der Waals surface area contributed by atoms with E-state index >= 15 is 0 Å². The molecule has 0 fully saturated rings. The van der Waals surface area contributed by atoms with Crippen molar-refractivity contribution in [3.8, 4) is 5.75 Å². The number of aromatic hydroxyl groups is 1. The van der Waals surface area contributed by atoms with Crippen LogP contribution in [0.3, 0.4) is 0 Å². The molecule has 0 amide bonds. The molecule has 3 nitrogen and oxygen atoms in total. The number of benzene rings is 1. The highest BCUT2D eigenvalue weighted by molar-refractivity contribution is 6.32. The van der Waals surface area contributed by atoms with Crippen LogP contribution in [0.25, 0.3) is 0 Å². The van der Waals surface area contributed by atoms with Crippen LogP contribution < -0.4 is 5.73 Å². The molecule has 70 valence electrons. The number of phenols is 1. The van der Waals surface area contributed by atoms with Gasteiger partial charge in [-0.25, -0.2) is 0 Å². The average Bonchev–Trinajstić information content (AvgIpc) is 2.10. The smallest absolute Gasteiger partial charge is 0.164 e. The average molecular weight is 200 g/mol. The Morgan fingerprint density at radius 3 is 2.77 bits per heavy atom. The first-order valence-electron chi connectivity index (χ1n) is 3.87. The molecule has 0 aromatic heterocycles. The lowest BCUT2D eigenvalue weighted by molar-refractivity contribution is 0.0985. The summed E-state index contributed by atoms with van der Waals surface area (Å²) in [4.78, 5) is 11.3. The third-order valence-electron chi connectivity index (χ3n) is 1.64. The second kappa shape index (κ2) is 4.25. The van der Waals surface area contributed by atoms with Gasteiger partial charge in [0, 0.05) is 12.0 Å². The highest BCUT2D eigenvalue weighted by Gasteiger charge is 2.06. The number of rotatable bonds is 3. The molecule has 4 heteroatoms. The van der Waals surface area contributed by atoms with Crippen molar-refractivity contribution in [2.75, 3.05) is 6.54 Å². The molecule has 0 aliphatic rings. The van der Waals surface area contributed by atoms with Gasteiger partial charge in [-0.3, -0.25) is 4.79 Å². The zero-order valence-electron chi connectivity index (χ0n) is 6.96. The van der Waals surface area contributed by atoms with E-state index in [2.05, 4.69) is 0 Å². The van der Waals surface area contributed by atoms with Gasteiger partial charge in [-0.1, -0.05) is 11.6 Å². The van der Waals surface area contributed by atoms with Crippen LogP contribution in [0.5, 0.6) is 5.75 Å². The minimum atomic E-state index is -0.0885. The van der Waals surface area contributed by atoms with Crippen molar-refractivity contribution in [2.24, 2.45) is 5.73 Å². The van der Waals surface area contributed by atoms with Crippen molar-refractivity contribution >= 4 is 17.4 Å². The van der Waals surface area contributed by atoms with Gasteiger partial charge in [0.25, 0.3) is 0 Å². The van der Waals surface area contributed by atoms with Gasteiger partial charge in [0.05, 0.1) is 5.02 Å². The maximum Gasteiger partial charge on any atom is 0.164 e. The number of hydrogen-bond acceptors (Lipinski definition) is 3. The third kappa shape index (κ3) is 2.44. The fourth-order valence-corrected chi connectivity index (χ4v) is 1.08. The minimum absolute atomic E-state index is 0.0791. The number of carbonyl (C=O) groups is 1. The zero-order valence-corrected chi connectivity index (χ0v) is 7.71. The number of carbonyl (C=O) groups excluding carboxylic acids is 1. The molecule has 0 saturated heterocycles. The van der Waals surface area contributed by atoms with E-state index in [0.717, 1.165) is 0 Å². The van der Waals surface area contributed by atoms with Crippen molar-refractivity contribution in [3.05, 3.63) is 28.8 Å². The van der Waals surface area contributed by atoms with Gasteiger partial charge in [-0.2, -0.15) is 0 Å². The Hall–Kier alpha value is -1.06. The van der Waals surface area contributed by atoms with Crippen molar-refractivity contribution in [2.45, 2.75) is 6.42 Å². The van der Waals surface area contributed by atoms with Crippen LogP contribution in [0, 0.1) is 0 Å². The predicted octanol–water partition coefficient (Wildman–Crippen LogP) is 1.58. The molecule has 13 heavy (non-hydrogen) atoms. The van der Waals surface area contributed by atoms with Crippen LogP contribution in [0.15, 0.2) is 18.2 Å². The van der Waals surface area contributed by atoms with Crippen LogP contribution in [-0.2, 0) is 0 Å². The summed E-state index contributed by atoms with van der Waals surface area (Å²) in [6.07, 6.45) is 0.279. The van der Waals surface area contributed by atoms with Gasteiger partial charge in [-0.05, 0) is 24.7 Å². The van der Waals surface area contributed by atoms with Gasteiger partial charge in [0.1, 0.15) is 5.75 Å². The molecule has 3 N–H and O–H groups in total. The Kier molecular flexibility index (Phi) is 3.28. The lowest BCUT2D eigenvalue weighted by Crippen LogP contribution is -2.07. The molecular weight excluding hydrogens is 190 g/mol. The van der Waals surface area contributed by atoms with E-state index in [4.69, 9.17) is 17.3 Å². The molecule has 1 rings (SSSR count). The molecule has 1 aromatic rings. The minimum Gasteiger partial charge on any atom is -0.506 e. The summed E-state index contributed by atoms with van der Waals surface area (Å²) in [5.74, 6) is -0.168. The predicted molar refractivity (Wildman–Crippen MR) is 51.1 cm³/mol. The van der Waals surface area contributed by atoms with E-state index < -0.39 is 0 Å². The summed E-state index contributed by atoms with van der Waals surface area (Å²) in [6.45, 7) is 0.308. The Morgan fingerprint density at radius 2 is 2.23 bits per heavy atom. The summed E-state index contributed by atoms with van der Waals surface area (Å²) in [6, 6.07) is 4.40. The lowest BCUT2D eigenvalue weighted by Gasteiger charge is -2.01. The number of halogens is 1. The number of phenolic OH excluding ortho intramolecular Hbond substituents is 1. The van der Waals surface area contributed by atoms with Gasteiger partial charge >= 0.3 is 0 Å². The van der Waals surface area contributed by atoms with Crippen molar-refractivity contribution in [3.63, 3.8) is 0 Å². The molecule has 0 heterocycles. The Balaban J connectivity index is 2.90. The van der Waals surface area contributed by atoms with E-state index in [1.807, 2.05) is 0 Å². The summed E-state index contributed by atoms with van der Waals surface area (Å²) in [5.41, 5.74) is 5.66. The fourth-order valence-electron chi connectivity index (χ4n) is 0.962. The van der Waals surface area contributed by atoms with E-state index in [-0.39, 0.29) is 23.0 Å². The first-order chi connectivity index (χ1) is 6.15. The number of Topliss-reactive ketones (excluding diaryl/α,β-unsaturated/α-hetero) is 1. The highest BCUT2D eigenvalue weighted by Crippen LogP contribution is 2.24. The monoisotopic (exact) mass is 199 g/mol. The summed E-state index contributed by atoms with van der Waals surface area (Å²) < 4.78 is 0. The molecule has 0 bridgehead atoms.